The highest BCUT2D eigenvalue weighted by molar-refractivity contribution is 6.05. The second kappa shape index (κ2) is 8.27. The Morgan fingerprint density at radius 2 is 1.90 bits per heavy atom. The van der Waals surface area contributed by atoms with Crippen LogP contribution in [0.15, 0.2) is 53.3 Å². The highest BCUT2D eigenvalue weighted by Gasteiger charge is 2.18. The predicted molar refractivity (Wildman–Crippen MR) is 112 cm³/mol. The van der Waals surface area contributed by atoms with Crippen molar-refractivity contribution in [2.45, 2.75) is 38.6 Å². The average molecular weight is 386 g/mol. The molecule has 1 N–H and O–H groups in total. The van der Waals surface area contributed by atoms with Gasteiger partial charge >= 0.3 is 0 Å². The molecule has 1 aromatic heterocycles. The molecule has 3 aromatic rings. The molecule has 6 heteroatoms. The fourth-order valence-corrected chi connectivity index (χ4v) is 3.97. The molecule has 6 nitrogen and oxygen atoms in total. The number of amides is 1. The van der Waals surface area contributed by atoms with Crippen molar-refractivity contribution < 1.29 is 4.79 Å². The van der Waals surface area contributed by atoms with Crippen LogP contribution in [0.2, 0.25) is 0 Å². The van der Waals surface area contributed by atoms with Gasteiger partial charge in [0.1, 0.15) is 6.07 Å². The zero-order chi connectivity index (χ0) is 20.2. The third kappa shape index (κ3) is 4.04. The van der Waals surface area contributed by atoms with E-state index in [0.29, 0.717) is 34.6 Å². The van der Waals surface area contributed by atoms with Crippen LogP contribution in [0.1, 0.15) is 48.3 Å². The molecule has 1 aliphatic carbocycles. The maximum atomic E-state index is 13.1. The molecular formula is C23H22N4O2. The fraction of sp³-hybridized carbons (Fsp3) is 0.304. The first-order valence-electron chi connectivity index (χ1n) is 9.97. The van der Waals surface area contributed by atoms with E-state index in [0.717, 1.165) is 25.7 Å². The number of rotatable bonds is 4. The second-order valence-corrected chi connectivity index (χ2v) is 7.52. The van der Waals surface area contributed by atoms with Crippen molar-refractivity contribution in [3.8, 4) is 6.07 Å². The van der Waals surface area contributed by atoms with E-state index in [4.69, 9.17) is 0 Å². The molecule has 0 radical (unpaired) electrons. The smallest absolute Gasteiger partial charge is 0.262 e. The Hall–Kier alpha value is -3.46. The second-order valence-electron chi connectivity index (χ2n) is 7.52. The third-order valence-electron chi connectivity index (χ3n) is 5.51. The summed E-state index contributed by atoms with van der Waals surface area (Å²) in [5.41, 5.74) is 1.30. The van der Waals surface area contributed by atoms with Gasteiger partial charge in [0.15, 0.2) is 0 Å². The van der Waals surface area contributed by atoms with Gasteiger partial charge in [0.25, 0.3) is 11.5 Å². The minimum atomic E-state index is -0.242. The zero-order valence-electron chi connectivity index (χ0n) is 16.1. The molecule has 1 aliphatic rings. The lowest BCUT2D eigenvalue weighted by molar-refractivity contribution is 0.102. The van der Waals surface area contributed by atoms with Gasteiger partial charge in [0.2, 0.25) is 5.82 Å². The number of benzene rings is 2. The molecule has 1 saturated carbocycles. The molecule has 0 saturated heterocycles. The number of fused-ring (bicyclic) bond motifs is 1. The van der Waals surface area contributed by atoms with E-state index in [1.54, 1.807) is 42.5 Å². The zero-order valence-corrected chi connectivity index (χ0v) is 16.1. The fourth-order valence-electron chi connectivity index (χ4n) is 3.97. The van der Waals surface area contributed by atoms with E-state index in [1.807, 2.05) is 6.07 Å². The summed E-state index contributed by atoms with van der Waals surface area (Å²) in [5.74, 6) is 0.303. The van der Waals surface area contributed by atoms with Crippen LogP contribution in [0.5, 0.6) is 0 Å². The van der Waals surface area contributed by atoms with E-state index in [-0.39, 0.29) is 17.3 Å². The minimum Gasteiger partial charge on any atom is -0.322 e. The average Bonchev–Trinajstić information content (AvgIpc) is 2.77. The van der Waals surface area contributed by atoms with E-state index in [1.165, 1.54) is 11.0 Å². The Kier molecular flexibility index (Phi) is 5.39. The lowest BCUT2D eigenvalue weighted by atomic mass is 9.89. The van der Waals surface area contributed by atoms with Gasteiger partial charge in [-0.1, -0.05) is 37.5 Å². The van der Waals surface area contributed by atoms with Gasteiger partial charge in [0.05, 0.1) is 10.9 Å². The lowest BCUT2D eigenvalue weighted by Gasteiger charge is -2.22. The largest absolute Gasteiger partial charge is 0.322 e. The molecule has 1 fully saturated rings. The first-order chi connectivity index (χ1) is 14.2. The molecule has 2 aromatic carbocycles. The molecular weight excluding hydrogens is 364 g/mol. The Balaban J connectivity index is 1.68. The summed E-state index contributed by atoms with van der Waals surface area (Å²) in [6.07, 6.45) is 5.71. The summed E-state index contributed by atoms with van der Waals surface area (Å²) in [6.45, 7) is 0.519. The molecule has 29 heavy (non-hydrogen) atoms. The number of anilines is 1. The summed E-state index contributed by atoms with van der Waals surface area (Å²) >= 11 is 0. The number of aromatic nitrogens is 2. The van der Waals surface area contributed by atoms with Crippen LogP contribution >= 0.6 is 0 Å². The maximum absolute atomic E-state index is 13.1. The lowest BCUT2D eigenvalue weighted by Crippen LogP contribution is -2.28. The van der Waals surface area contributed by atoms with E-state index in [9.17, 15) is 14.9 Å². The van der Waals surface area contributed by atoms with Crippen molar-refractivity contribution in [1.82, 2.24) is 9.55 Å². The van der Waals surface area contributed by atoms with Crippen molar-refractivity contribution in [3.63, 3.8) is 0 Å². The number of nitrogens with one attached hydrogen (secondary N) is 1. The number of nitrogens with zero attached hydrogens (tertiary/aromatic N) is 3. The van der Waals surface area contributed by atoms with Gasteiger partial charge in [-0.3, -0.25) is 14.2 Å². The van der Waals surface area contributed by atoms with Gasteiger partial charge in [-0.05, 0) is 49.1 Å². The summed E-state index contributed by atoms with van der Waals surface area (Å²) in [5, 5.41) is 12.7. The van der Waals surface area contributed by atoms with Crippen molar-refractivity contribution >= 4 is 22.5 Å². The number of carbonyl (C=O) groups excluding carboxylic acids is 1. The SMILES string of the molecule is N#Cc1nc2ccc(NC(=O)c3ccccc3)cc2c(=O)n1CC1CCCCC1. The van der Waals surface area contributed by atoms with Crippen LogP contribution in [0.3, 0.4) is 0 Å². The van der Waals surface area contributed by atoms with Crippen molar-refractivity contribution in [3.05, 3.63) is 70.3 Å². The molecule has 4 rings (SSSR count). The highest BCUT2D eigenvalue weighted by Crippen LogP contribution is 2.25. The monoisotopic (exact) mass is 386 g/mol. The standard InChI is InChI=1S/C23H22N4O2/c24-14-21-26-20-12-11-18(25-22(28)17-9-5-2-6-10-17)13-19(20)23(29)27(21)15-16-7-3-1-4-8-16/h2,5-6,9-13,16H,1,3-4,7-8,15H2,(H,25,28). The molecule has 1 amide bonds. The number of hydrogen-bond acceptors (Lipinski definition) is 4. The number of hydrogen-bond donors (Lipinski definition) is 1. The van der Waals surface area contributed by atoms with Gasteiger partial charge in [-0.15, -0.1) is 0 Å². The maximum Gasteiger partial charge on any atom is 0.262 e. The van der Waals surface area contributed by atoms with Crippen LogP contribution < -0.4 is 10.9 Å². The van der Waals surface area contributed by atoms with Crippen molar-refractivity contribution in [1.29, 1.82) is 5.26 Å². The number of carbonyl (C=O) groups is 1. The Bertz CT molecular complexity index is 1140. The first-order valence-corrected chi connectivity index (χ1v) is 9.97. The van der Waals surface area contributed by atoms with Gasteiger partial charge in [-0.2, -0.15) is 5.26 Å². The van der Waals surface area contributed by atoms with Gasteiger partial charge < -0.3 is 5.32 Å². The summed E-state index contributed by atoms with van der Waals surface area (Å²) < 4.78 is 1.50. The van der Waals surface area contributed by atoms with Crippen molar-refractivity contribution in [2.24, 2.45) is 5.92 Å². The predicted octanol–water partition coefficient (Wildman–Crippen LogP) is 4.10. The molecule has 0 atom stereocenters. The summed E-state index contributed by atoms with van der Waals surface area (Å²) in [7, 11) is 0. The highest BCUT2D eigenvalue weighted by atomic mass is 16.1. The van der Waals surface area contributed by atoms with Gasteiger partial charge in [0, 0.05) is 17.8 Å². The molecule has 0 unspecified atom stereocenters. The normalized spacial score (nSPS) is 14.4. The molecule has 1 heterocycles. The molecule has 0 spiro atoms. The van der Waals surface area contributed by atoms with E-state index < -0.39 is 0 Å². The molecule has 0 aliphatic heterocycles. The first kappa shape index (κ1) is 18.9. The summed E-state index contributed by atoms with van der Waals surface area (Å²) in [6, 6.07) is 16.0. The Labute approximate surface area is 168 Å². The molecule has 0 bridgehead atoms. The van der Waals surface area contributed by atoms with Gasteiger partial charge in [-0.25, -0.2) is 4.98 Å². The van der Waals surface area contributed by atoms with Crippen molar-refractivity contribution in [2.75, 3.05) is 5.32 Å². The summed E-state index contributed by atoms with van der Waals surface area (Å²) in [4.78, 5) is 29.9. The van der Waals surface area contributed by atoms with E-state index >= 15 is 0 Å². The van der Waals surface area contributed by atoms with Crippen LogP contribution in [-0.4, -0.2) is 15.5 Å². The Morgan fingerprint density at radius 3 is 2.62 bits per heavy atom. The van der Waals surface area contributed by atoms with Crippen LogP contribution in [-0.2, 0) is 6.54 Å². The van der Waals surface area contributed by atoms with Crippen LogP contribution in [0, 0.1) is 17.2 Å². The van der Waals surface area contributed by atoms with E-state index in [2.05, 4.69) is 16.4 Å². The minimum absolute atomic E-state index is 0.147. The number of nitriles is 1. The third-order valence-corrected chi connectivity index (χ3v) is 5.51. The molecule has 146 valence electrons. The van der Waals surface area contributed by atoms with Crippen LogP contribution in [0.25, 0.3) is 10.9 Å². The quantitative estimate of drug-likeness (QED) is 0.731. The topological polar surface area (TPSA) is 87.8 Å². The Morgan fingerprint density at radius 1 is 1.14 bits per heavy atom. The van der Waals surface area contributed by atoms with Crippen LogP contribution in [0.4, 0.5) is 5.69 Å².